The van der Waals surface area contributed by atoms with Crippen LogP contribution in [0.4, 0.5) is 4.39 Å². The zero-order valence-corrected chi connectivity index (χ0v) is 12.5. The molecule has 1 amide bonds. The number of carbonyl (C=O) groups excluding carboxylic acids is 1. The first-order valence-electron chi connectivity index (χ1n) is 7.07. The second kappa shape index (κ2) is 6.98. The van der Waals surface area contributed by atoms with Gasteiger partial charge in [0.15, 0.2) is 0 Å². The molecule has 5 nitrogen and oxygen atoms in total. The first kappa shape index (κ1) is 15.9. The molecule has 1 aromatic carbocycles. The van der Waals surface area contributed by atoms with Gasteiger partial charge in [0.25, 0.3) is 5.56 Å². The van der Waals surface area contributed by atoms with E-state index in [9.17, 15) is 14.0 Å². The number of halogens is 1. The second-order valence-corrected chi connectivity index (χ2v) is 5.26. The zero-order valence-electron chi connectivity index (χ0n) is 12.5. The quantitative estimate of drug-likeness (QED) is 0.916. The number of nitrogens with one attached hydrogen (secondary N) is 1. The molecule has 0 saturated carbocycles. The number of hydrogen-bond acceptors (Lipinski definition) is 3. The Hall–Kier alpha value is -2.50. The molecule has 0 aliphatic rings. The Balaban J connectivity index is 2.05. The van der Waals surface area contributed by atoms with E-state index in [2.05, 4.69) is 10.3 Å². The van der Waals surface area contributed by atoms with Crippen molar-refractivity contribution in [1.29, 1.82) is 0 Å². The molecule has 1 heterocycles. The molecule has 0 atom stereocenters. The fraction of sp³-hybridized carbons (Fsp3) is 0.312. The highest BCUT2D eigenvalue weighted by Gasteiger charge is 2.06. The number of amides is 1. The van der Waals surface area contributed by atoms with Crippen LogP contribution in [0.5, 0.6) is 0 Å². The van der Waals surface area contributed by atoms with Gasteiger partial charge in [0.2, 0.25) is 5.91 Å². The molecule has 0 spiro atoms. The molecular weight excluding hydrogens is 285 g/mol. The number of aromatic nitrogens is 2. The Morgan fingerprint density at radius 1 is 1.32 bits per heavy atom. The van der Waals surface area contributed by atoms with Gasteiger partial charge < -0.3 is 5.32 Å². The number of benzene rings is 1. The summed E-state index contributed by atoms with van der Waals surface area (Å²) >= 11 is 0. The fourth-order valence-corrected chi connectivity index (χ4v) is 1.88. The van der Waals surface area contributed by atoms with Crippen molar-refractivity contribution in [2.75, 3.05) is 6.54 Å². The van der Waals surface area contributed by atoms with Crippen LogP contribution in [0.2, 0.25) is 0 Å². The summed E-state index contributed by atoms with van der Waals surface area (Å²) in [5.74, 6) is -0.474. The van der Waals surface area contributed by atoms with Gasteiger partial charge in [-0.2, -0.15) is 0 Å². The lowest BCUT2D eigenvalue weighted by atomic mass is 10.1. The minimum atomic E-state index is -0.335. The molecule has 1 N–H and O–H groups in total. The first-order valence-corrected chi connectivity index (χ1v) is 7.07. The van der Waals surface area contributed by atoms with E-state index in [0.29, 0.717) is 24.3 Å². The molecule has 0 fully saturated rings. The van der Waals surface area contributed by atoms with Crippen molar-refractivity contribution < 1.29 is 9.18 Å². The molecule has 0 saturated heterocycles. The van der Waals surface area contributed by atoms with Crippen molar-refractivity contribution in [2.45, 2.75) is 20.4 Å². The van der Waals surface area contributed by atoms with Gasteiger partial charge in [-0.3, -0.25) is 14.2 Å². The van der Waals surface area contributed by atoms with E-state index in [1.807, 2.05) is 0 Å². The van der Waals surface area contributed by atoms with E-state index >= 15 is 0 Å². The predicted octanol–water partition coefficient (Wildman–Crippen LogP) is 1.82. The number of nitrogens with zero attached hydrogens (tertiary/aromatic N) is 2. The maximum absolute atomic E-state index is 12.9. The highest BCUT2D eigenvalue weighted by Crippen LogP contribution is 2.14. The standard InChI is InChI=1S/C16H18FN3O2/c1-11(2)16(22)18-7-8-20-10-19-14(9-15(20)21)12-3-5-13(17)6-4-12/h3-6,9-11H,7-8H2,1-2H3,(H,18,22). The Bertz CT molecular complexity index is 708. The van der Waals surface area contributed by atoms with Crippen molar-refractivity contribution in [3.63, 3.8) is 0 Å². The van der Waals surface area contributed by atoms with Gasteiger partial charge in [-0.25, -0.2) is 9.37 Å². The SMILES string of the molecule is CC(C)C(=O)NCCn1cnc(-c2ccc(F)cc2)cc1=O. The van der Waals surface area contributed by atoms with E-state index in [1.165, 1.54) is 29.1 Å². The van der Waals surface area contributed by atoms with Crippen molar-refractivity contribution in [1.82, 2.24) is 14.9 Å². The third-order valence-corrected chi connectivity index (χ3v) is 3.20. The monoisotopic (exact) mass is 303 g/mol. The zero-order chi connectivity index (χ0) is 16.1. The van der Waals surface area contributed by atoms with Gasteiger partial charge >= 0.3 is 0 Å². The average molecular weight is 303 g/mol. The molecule has 0 unspecified atom stereocenters. The lowest BCUT2D eigenvalue weighted by Crippen LogP contribution is -2.33. The lowest BCUT2D eigenvalue weighted by Gasteiger charge is -2.09. The maximum Gasteiger partial charge on any atom is 0.253 e. The van der Waals surface area contributed by atoms with E-state index in [-0.39, 0.29) is 23.2 Å². The molecule has 0 bridgehead atoms. The molecule has 116 valence electrons. The van der Waals surface area contributed by atoms with Crippen LogP contribution < -0.4 is 10.9 Å². The van der Waals surface area contributed by atoms with E-state index in [4.69, 9.17) is 0 Å². The van der Waals surface area contributed by atoms with Crippen LogP contribution in [0.15, 0.2) is 41.5 Å². The summed E-state index contributed by atoms with van der Waals surface area (Å²) < 4.78 is 14.3. The topological polar surface area (TPSA) is 64.0 Å². The van der Waals surface area contributed by atoms with Gasteiger partial charge in [-0.15, -0.1) is 0 Å². The molecular formula is C16H18FN3O2. The maximum atomic E-state index is 12.9. The van der Waals surface area contributed by atoms with E-state index < -0.39 is 0 Å². The first-order chi connectivity index (χ1) is 10.5. The summed E-state index contributed by atoms with van der Waals surface area (Å²) in [4.78, 5) is 27.7. The number of rotatable bonds is 5. The smallest absolute Gasteiger partial charge is 0.253 e. The Kier molecular flexibility index (Phi) is 5.04. The van der Waals surface area contributed by atoms with Gasteiger partial charge in [-0.05, 0) is 24.3 Å². The summed E-state index contributed by atoms with van der Waals surface area (Å²) in [7, 11) is 0. The fourth-order valence-electron chi connectivity index (χ4n) is 1.88. The normalized spacial score (nSPS) is 10.7. The minimum Gasteiger partial charge on any atom is -0.354 e. The summed E-state index contributed by atoms with van der Waals surface area (Å²) in [5.41, 5.74) is 0.958. The van der Waals surface area contributed by atoms with Crippen LogP contribution in [0.3, 0.4) is 0 Å². The van der Waals surface area contributed by atoms with Gasteiger partial charge in [0.1, 0.15) is 5.82 Å². The summed E-state index contributed by atoms with van der Waals surface area (Å²) in [6.07, 6.45) is 1.43. The Morgan fingerprint density at radius 3 is 2.59 bits per heavy atom. The molecule has 22 heavy (non-hydrogen) atoms. The number of hydrogen-bond donors (Lipinski definition) is 1. The molecule has 0 aliphatic carbocycles. The highest BCUT2D eigenvalue weighted by atomic mass is 19.1. The highest BCUT2D eigenvalue weighted by molar-refractivity contribution is 5.77. The Morgan fingerprint density at radius 2 is 2.00 bits per heavy atom. The molecule has 0 aliphatic heterocycles. The largest absolute Gasteiger partial charge is 0.354 e. The van der Waals surface area contributed by atoms with Crippen molar-refractivity contribution in [2.24, 2.45) is 5.92 Å². The van der Waals surface area contributed by atoms with Crippen molar-refractivity contribution >= 4 is 5.91 Å². The predicted molar refractivity (Wildman–Crippen MR) is 81.7 cm³/mol. The molecule has 1 aromatic heterocycles. The second-order valence-electron chi connectivity index (χ2n) is 5.26. The van der Waals surface area contributed by atoms with Gasteiger partial charge in [0.05, 0.1) is 12.0 Å². The van der Waals surface area contributed by atoms with Crippen molar-refractivity contribution in [3.05, 3.63) is 52.8 Å². The van der Waals surface area contributed by atoms with Crippen LogP contribution in [0, 0.1) is 11.7 Å². The average Bonchev–Trinajstić information content (AvgIpc) is 2.49. The number of carbonyl (C=O) groups is 1. The molecule has 6 heteroatoms. The van der Waals surface area contributed by atoms with Gasteiger partial charge in [0, 0.05) is 30.6 Å². The van der Waals surface area contributed by atoms with Gasteiger partial charge in [-0.1, -0.05) is 13.8 Å². The van der Waals surface area contributed by atoms with Crippen molar-refractivity contribution in [3.8, 4) is 11.3 Å². The van der Waals surface area contributed by atoms with E-state index in [0.717, 1.165) is 0 Å². The molecule has 2 rings (SSSR count). The Labute approximate surface area is 127 Å². The minimum absolute atomic E-state index is 0.0519. The van der Waals surface area contributed by atoms with Crippen LogP contribution in [0.1, 0.15) is 13.8 Å². The third kappa shape index (κ3) is 4.00. The van der Waals surface area contributed by atoms with E-state index in [1.54, 1.807) is 26.0 Å². The summed E-state index contributed by atoms with van der Waals surface area (Å²) in [5, 5.41) is 2.74. The van der Waals surface area contributed by atoms with Crippen LogP contribution in [0.25, 0.3) is 11.3 Å². The third-order valence-electron chi connectivity index (χ3n) is 3.20. The summed E-state index contributed by atoms with van der Waals surface area (Å²) in [6.45, 7) is 4.34. The lowest BCUT2D eigenvalue weighted by molar-refractivity contribution is -0.124. The summed E-state index contributed by atoms with van der Waals surface area (Å²) in [6, 6.07) is 7.19. The van der Waals surface area contributed by atoms with Crippen LogP contribution >= 0.6 is 0 Å². The molecule has 0 radical (unpaired) electrons. The van der Waals surface area contributed by atoms with Crippen LogP contribution in [-0.2, 0) is 11.3 Å². The van der Waals surface area contributed by atoms with Crippen LogP contribution in [-0.4, -0.2) is 22.0 Å². The molecule has 2 aromatic rings.